The quantitative estimate of drug-likeness (QED) is 0.407. The summed E-state index contributed by atoms with van der Waals surface area (Å²) in [5.74, 6) is 0. The molecule has 4 N–H and O–H groups in total. The minimum Gasteiger partial charge on any atom is -0.315 e. The maximum absolute atomic E-state index is 11.2. The van der Waals surface area contributed by atoms with E-state index in [2.05, 4.69) is 21.3 Å². The lowest BCUT2D eigenvalue weighted by Gasteiger charge is -2.50. The topological polar surface area (TPSA) is 82.3 Å². The summed E-state index contributed by atoms with van der Waals surface area (Å²) in [5.41, 5.74) is -1.28. The standard InChI is InChI=1S/C7H12N4O2/c1-6-3-7(2,10-4(12)8-6)11-5(13)9-6/h3H2,1-2H3,(H2,8,10,12)(H2,9,11,13). The molecule has 2 rings (SSSR count). The Balaban J connectivity index is 2.32. The van der Waals surface area contributed by atoms with Crippen LogP contribution in [0, 0.1) is 0 Å². The van der Waals surface area contributed by atoms with Crippen molar-refractivity contribution < 1.29 is 9.59 Å². The van der Waals surface area contributed by atoms with E-state index in [4.69, 9.17) is 0 Å². The molecule has 0 aromatic carbocycles. The third kappa shape index (κ3) is 1.28. The second-order valence-electron chi connectivity index (χ2n) is 4.00. The normalized spacial score (nSPS) is 42.6. The van der Waals surface area contributed by atoms with Crippen LogP contribution in [0.25, 0.3) is 0 Å². The minimum absolute atomic E-state index is 0.274. The molecule has 0 unspecified atom stereocenters. The summed E-state index contributed by atoms with van der Waals surface area (Å²) in [7, 11) is 0. The molecular formula is C7H12N4O2. The first-order valence-electron chi connectivity index (χ1n) is 4.12. The maximum Gasteiger partial charge on any atom is 0.318 e. The van der Waals surface area contributed by atoms with Crippen molar-refractivity contribution in [1.82, 2.24) is 21.3 Å². The number of fused-ring (bicyclic) bond motifs is 2. The summed E-state index contributed by atoms with van der Waals surface area (Å²) in [5, 5.41) is 10.6. The van der Waals surface area contributed by atoms with Gasteiger partial charge in [-0.2, -0.15) is 0 Å². The van der Waals surface area contributed by atoms with Gasteiger partial charge in [-0.05, 0) is 13.8 Å². The van der Waals surface area contributed by atoms with E-state index in [0.29, 0.717) is 6.42 Å². The Bertz CT molecular complexity index is 244. The number of carbonyl (C=O) groups is 2. The van der Waals surface area contributed by atoms with Gasteiger partial charge in [0.05, 0.1) is 0 Å². The van der Waals surface area contributed by atoms with Crippen LogP contribution < -0.4 is 21.3 Å². The van der Waals surface area contributed by atoms with E-state index >= 15 is 0 Å². The minimum atomic E-state index is -0.639. The molecule has 6 heteroatoms. The summed E-state index contributed by atoms with van der Waals surface area (Å²) in [6.45, 7) is 3.56. The average molecular weight is 184 g/mol. The Kier molecular flexibility index (Phi) is 1.30. The number of hydrogen-bond acceptors (Lipinski definition) is 2. The summed E-state index contributed by atoms with van der Waals surface area (Å²) >= 11 is 0. The predicted octanol–water partition coefficient (Wildman–Crippen LogP) is -0.565. The fraction of sp³-hybridized carbons (Fsp3) is 0.714. The van der Waals surface area contributed by atoms with Crippen LogP contribution in [-0.4, -0.2) is 23.4 Å². The van der Waals surface area contributed by atoms with Crippen LogP contribution in [-0.2, 0) is 0 Å². The van der Waals surface area contributed by atoms with Crippen LogP contribution >= 0.6 is 0 Å². The van der Waals surface area contributed by atoms with E-state index in [9.17, 15) is 9.59 Å². The van der Waals surface area contributed by atoms with Gasteiger partial charge in [0.1, 0.15) is 11.3 Å². The largest absolute Gasteiger partial charge is 0.318 e. The van der Waals surface area contributed by atoms with Crippen LogP contribution in [0.15, 0.2) is 0 Å². The molecular weight excluding hydrogens is 172 g/mol. The number of amides is 4. The highest BCUT2D eigenvalue weighted by atomic mass is 16.2. The van der Waals surface area contributed by atoms with Gasteiger partial charge in [0, 0.05) is 6.42 Å². The van der Waals surface area contributed by atoms with E-state index < -0.39 is 11.3 Å². The molecule has 0 atom stereocenters. The molecule has 6 nitrogen and oxygen atoms in total. The monoisotopic (exact) mass is 184 g/mol. The highest BCUT2D eigenvalue weighted by Crippen LogP contribution is 2.23. The zero-order valence-electron chi connectivity index (χ0n) is 7.52. The van der Waals surface area contributed by atoms with Crippen molar-refractivity contribution in [2.75, 3.05) is 0 Å². The summed E-state index contributed by atoms with van der Waals surface area (Å²) in [6, 6.07) is -0.549. The van der Waals surface area contributed by atoms with Gasteiger partial charge in [-0.3, -0.25) is 0 Å². The molecule has 2 heterocycles. The van der Waals surface area contributed by atoms with Gasteiger partial charge in [0.15, 0.2) is 0 Å². The van der Waals surface area contributed by atoms with Gasteiger partial charge in [0.25, 0.3) is 0 Å². The van der Waals surface area contributed by atoms with Crippen molar-refractivity contribution in [3.63, 3.8) is 0 Å². The highest BCUT2D eigenvalue weighted by molar-refractivity contribution is 5.83. The number of carbonyl (C=O) groups excluding carboxylic acids is 2. The second kappa shape index (κ2) is 2.07. The Hall–Kier alpha value is -1.46. The second-order valence-corrected chi connectivity index (χ2v) is 4.00. The number of rotatable bonds is 0. The Labute approximate surface area is 75.4 Å². The molecule has 2 fully saturated rings. The summed E-state index contributed by atoms with van der Waals surface area (Å²) < 4.78 is 0. The zero-order valence-corrected chi connectivity index (χ0v) is 7.52. The van der Waals surface area contributed by atoms with E-state index in [0.717, 1.165) is 0 Å². The van der Waals surface area contributed by atoms with Crippen LogP contribution in [0.4, 0.5) is 9.59 Å². The first kappa shape index (κ1) is 8.15. The molecule has 4 amide bonds. The first-order valence-corrected chi connectivity index (χ1v) is 4.12. The lowest BCUT2D eigenvalue weighted by molar-refractivity contribution is 0.102. The van der Waals surface area contributed by atoms with Crippen molar-refractivity contribution in [1.29, 1.82) is 0 Å². The fourth-order valence-corrected chi connectivity index (χ4v) is 2.01. The van der Waals surface area contributed by atoms with E-state index in [1.807, 2.05) is 0 Å². The third-order valence-corrected chi connectivity index (χ3v) is 2.26. The van der Waals surface area contributed by atoms with Crippen molar-refractivity contribution in [3.05, 3.63) is 0 Å². The van der Waals surface area contributed by atoms with Crippen molar-refractivity contribution in [3.8, 4) is 0 Å². The molecule has 2 aliphatic heterocycles. The molecule has 0 aliphatic carbocycles. The molecule has 2 saturated heterocycles. The molecule has 72 valence electrons. The lowest BCUT2D eigenvalue weighted by Crippen LogP contribution is -2.81. The lowest BCUT2D eigenvalue weighted by atomic mass is 9.93. The number of nitrogens with one attached hydrogen (secondary N) is 4. The average Bonchev–Trinajstić information content (AvgIpc) is 1.75. The van der Waals surface area contributed by atoms with Crippen LogP contribution in [0.3, 0.4) is 0 Å². The zero-order chi connectivity index (χ0) is 9.69. The Morgan fingerprint density at radius 1 is 0.923 bits per heavy atom. The molecule has 13 heavy (non-hydrogen) atoms. The van der Waals surface area contributed by atoms with Gasteiger partial charge in [-0.25, -0.2) is 9.59 Å². The van der Waals surface area contributed by atoms with Crippen LogP contribution in [0.5, 0.6) is 0 Å². The molecule has 0 aromatic heterocycles. The smallest absolute Gasteiger partial charge is 0.315 e. The predicted molar refractivity (Wildman–Crippen MR) is 44.8 cm³/mol. The van der Waals surface area contributed by atoms with Gasteiger partial charge >= 0.3 is 12.1 Å². The van der Waals surface area contributed by atoms with E-state index in [-0.39, 0.29) is 12.1 Å². The molecule has 0 aromatic rings. The van der Waals surface area contributed by atoms with Gasteiger partial charge in [-0.1, -0.05) is 0 Å². The summed E-state index contributed by atoms with van der Waals surface area (Å²) in [4.78, 5) is 22.4. The van der Waals surface area contributed by atoms with Gasteiger partial charge in [0.2, 0.25) is 0 Å². The molecule has 0 radical (unpaired) electrons. The fourth-order valence-electron chi connectivity index (χ4n) is 2.01. The van der Waals surface area contributed by atoms with Crippen molar-refractivity contribution in [2.45, 2.75) is 31.6 Å². The van der Waals surface area contributed by atoms with Crippen molar-refractivity contribution in [2.24, 2.45) is 0 Å². The Morgan fingerprint density at radius 2 is 1.23 bits per heavy atom. The highest BCUT2D eigenvalue weighted by Gasteiger charge is 2.48. The van der Waals surface area contributed by atoms with Gasteiger partial charge in [-0.15, -0.1) is 0 Å². The van der Waals surface area contributed by atoms with Crippen molar-refractivity contribution >= 4 is 12.1 Å². The molecule has 2 aliphatic rings. The van der Waals surface area contributed by atoms with Gasteiger partial charge < -0.3 is 21.3 Å². The van der Waals surface area contributed by atoms with E-state index in [1.54, 1.807) is 13.8 Å². The maximum atomic E-state index is 11.2. The molecule has 2 bridgehead atoms. The first-order chi connectivity index (χ1) is 5.91. The summed E-state index contributed by atoms with van der Waals surface area (Å²) in [6.07, 6.45) is 0.609. The van der Waals surface area contributed by atoms with Crippen LogP contribution in [0.1, 0.15) is 20.3 Å². The third-order valence-electron chi connectivity index (χ3n) is 2.26. The SMILES string of the molecule is CC12CC(C)(NC(=O)N1)NC(=O)N2. The molecule has 0 spiro atoms. The number of hydrogen-bond donors (Lipinski definition) is 4. The molecule has 0 saturated carbocycles. The van der Waals surface area contributed by atoms with E-state index in [1.165, 1.54) is 0 Å². The Morgan fingerprint density at radius 3 is 1.54 bits per heavy atom. The number of urea groups is 2. The van der Waals surface area contributed by atoms with Crippen LogP contribution in [0.2, 0.25) is 0 Å².